The normalized spacial score (nSPS) is 14.7. The Hall–Kier alpha value is -2.44. The molecule has 1 aromatic rings. The van der Waals surface area contributed by atoms with Crippen LogP contribution in [0.3, 0.4) is 0 Å². The highest BCUT2D eigenvalue weighted by Crippen LogP contribution is 2.09. The molecule has 1 aliphatic rings. The molecule has 24 heavy (non-hydrogen) atoms. The Kier molecular flexibility index (Phi) is 5.89. The van der Waals surface area contributed by atoms with E-state index >= 15 is 0 Å². The van der Waals surface area contributed by atoms with Crippen molar-refractivity contribution in [1.29, 1.82) is 0 Å². The molecule has 1 saturated heterocycles. The van der Waals surface area contributed by atoms with E-state index in [-0.39, 0.29) is 23.4 Å². The SMILES string of the molecule is CC(=O)N1CCN(C(=O)c2cc(C(=O)NCC(C)C)ccn2)CC1. The van der Waals surface area contributed by atoms with Gasteiger partial charge >= 0.3 is 0 Å². The highest BCUT2D eigenvalue weighted by atomic mass is 16.2. The van der Waals surface area contributed by atoms with Crippen molar-refractivity contribution < 1.29 is 14.4 Å². The van der Waals surface area contributed by atoms with Crippen molar-refractivity contribution in [2.24, 2.45) is 5.92 Å². The number of amides is 3. The molecule has 1 aromatic heterocycles. The molecule has 0 aromatic carbocycles. The number of hydrogen-bond acceptors (Lipinski definition) is 4. The number of nitrogens with one attached hydrogen (secondary N) is 1. The summed E-state index contributed by atoms with van der Waals surface area (Å²) in [5.41, 5.74) is 0.680. The summed E-state index contributed by atoms with van der Waals surface area (Å²) in [5, 5.41) is 2.83. The maximum absolute atomic E-state index is 12.5. The van der Waals surface area contributed by atoms with Crippen LogP contribution in [0, 0.1) is 5.92 Å². The standard InChI is InChI=1S/C17H24N4O3/c1-12(2)11-19-16(23)14-4-5-18-15(10-14)17(24)21-8-6-20(7-9-21)13(3)22/h4-5,10,12H,6-9,11H2,1-3H3,(H,19,23). The van der Waals surface area contributed by atoms with Gasteiger partial charge in [0.2, 0.25) is 5.91 Å². The molecule has 130 valence electrons. The number of piperazine rings is 1. The lowest BCUT2D eigenvalue weighted by Crippen LogP contribution is -2.50. The number of carbonyl (C=O) groups excluding carboxylic acids is 3. The van der Waals surface area contributed by atoms with Gasteiger partial charge in [0.25, 0.3) is 11.8 Å². The smallest absolute Gasteiger partial charge is 0.272 e. The number of pyridine rings is 1. The van der Waals surface area contributed by atoms with E-state index in [1.54, 1.807) is 15.9 Å². The van der Waals surface area contributed by atoms with Crippen molar-refractivity contribution in [2.75, 3.05) is 32.7 Å². The van der Waals surface area contributed by atoms with Crippen molar-refractivity contribution in [2.45, 2.75) is 20.8 Å². The summed E-state index contributed by atoms with van der Waals surface area (Å²) in [6.07, 6.45) is 1.48. The average molecular weight is 332 g/mol. The van der Waals surface area contributed by atoms with E-state index in [0.717, 1.165) is 0 Å². The Labute approximate surface area is 142 Å². The van der Waals surface area contributed by atoms with Gasteiger partial charge in [-0.15, -0.1) is 0 Å². The molecule has 7 heteroatoms. The first-order valence-corrected chi connectivity index (χ1v) is 8.17. The van der Waals surface area contributed by atoms with Crippen molar-refractivity contribution in [3.63, 3.8) is 0 Å². The van der Waals surface area contributed by atoms with E-state index in [2.05, 4.69) is 10.3 Å². The second-order valence-corrected chi connectivity index (χ2v) is 6.33. The predicted octanol–water partition coefficient (Wildman–Crippen LogP) is 0.772. The fourth-order valence-corrected chi connectivity index (χ4v) is 2.47. The summed E-state index contributed by atoms with van der Waals surface area (Å²) in [4.78, 5) is 43.5. The van der Waals surface area contributed by atoms with E-state index in [0.29, 0.717) is 44.2 Å². The molecular weight excluding hydrogens is 308 g/mol. The lowest BCUT2D eigenvalue weighted by atomic mass is 10.1. The minimum Gasteiger partial charge on any atom is -0.352 e. The number of hydrogen-bond donors (Lipinski definition) is 1. The third-order valence-electron chi connectivity index (χ3n) is 3.92. The Morgan fingerprint density at radius 3 is 2.38 bits per heavy atom. The van der Waals surface area contributed by atoms with Crippen LogP contribution in [0.5, 0.6) is 0 Å². The van der Waals surface area contributed by atoms with E-state index < -0.39 is 0 Å². The Balaban J connectivity index is 2.02. The molecule has 0 saturated carbocycles. The molecule has 1 aliphatic heterocycles. The molecule has 2 rings (SSSR count). The van der Waals surface area contributed by atoms with Gasteiger partial charge in [0.05, 0.1) is 0 Å². The lowest BCUT2D eigenvalue weighted by Gasteiger charge is -2.34. The van der Waals surface area contributed by atoms with Crippen LogP contribution in [0.4, 0.5) is 0 Å². The van der Waals surface area contributed by atoms with Gasteiger partial charge < -0.3 is 15.1 Å². The fourth-order valence-electron chi connectivity index (χ4n) is 2.47. The maximum atomic E-state index is 12.5. The minimum absolute atomic E-state index is 0.0176. The van der Waals surface area contributed by atoms with Crippen molar-refractivity contribution in [3.8, 4) is 0 Å². The molecule has 2 heterocycles. The molecule has 0 radical (unpaired) electrons. The van der Waals surface area contributed by atoms with Crippen LogP contribution in [0.2, 0.25) is 0 Å². The van der Waals surface area contributed by atoms with Crippen molar-refractivity contribution >= 4 is 17.7 Å². The zero-order valence-electron chi connectivity index (χ0n) is 14.4. The van der Waals surface area contributed by atoms with E-state index in [1.807, 2.05) is 13.8 Å². The predicted molar refractivity (Wildman–Crippen MR) is 89.6 cm³/mol. The van der Waals surface area contributed by atoms with Crippen LogP contribution in [0.25, 0.3) is 0 Å². The topological polar surface area (TPSA) is 82.6 Å². The summed E-state index contributed by atoms with van der Waals surface area (Å²) < 4.78 is 0. The number of aromatic nitrogens is 1. The molecule has 3 amide bonds. The van der Waals surface area contributed by atoms with Crippen molar-refractivity contribution in [3.05, 3.63) is 29.6 Å². The van der Waals surface area contributed by atoms with Gasteiger partial charge in [-0.3, -0.25) is 19.4 Å². The van der Waals surface area contributed by atoms with Crippen LogP contribution in [0.15, 0.2) is 18.3 Å². The van der Waals surface area contributed by atoms with Gasteiger partial charge in [-0.2, -0.15) is 0 Å². The monoisotopic (exact) mass is 332 g/mol. The second-order valence-electron chi connectivity index (χ2n) is 6.33. The third-order valence-corrected chi connectivity index (χ3v) is 3.92. The number of nitrogens with zero attached hydrogens (tertiary/aromatic N) is 3. The molecular formula is C17H24N4O3. The second kappa shape index (κ2) is 7.90. The highest BCUT2D eigenvalue weighted by Gasteiger charge is 2.24. The molecule has 0 unspecified atom stereocenters. The molecule has 0 spiro atoms. The quantitative estimate of drug-likeness (QED) is 0.883. The molecule has 7 nitrogen and oxygen atoms in total. The molecule has 1 N–H and O–H groups in total. The number of rotatable bonds is 4. The first-order valence-electron chi connectivity index (χ1n) is 8.17. The number of carbonyl (C=O) groups is 3. The zero-order chi connectivity index (χ0) is 17.7. The van der Waals surface area contributed by atoms with Gasteiger partial charge in [0, 0.05) is 51.4 Å². The average Bonchev–Trinajstić information content (AvgIpc) is 2.59. The van der Waals surface area contributed by atoms with E-state index in [1.165, 1.54) is 19.2 Å². The minimum atomic E-state index is -0.211. The first kappa shape index (κ1) is 17.9. The van der Waals surface area contributed by atoms with Crippen LogP contribution >= 0.6 is 0 Å². The van der Waals surface area contributed by atoms with Gasteiger partial charge in [0.1, 0.15) is 5.69 Å². The summed E-state index contributed by atoms with van der Waals surface area (Å²) in [6, 6.07) is 3.12. The van der Waals surface area contributed by atoms with E-state index in [9.17, 15) is 14.4 Å². The summed E-state index contributed by atoms with van der Waals surface area (Å²) >= 11 is 0. The van der Waals surface area contributed by atoms with Crippen LogP contribution in [-0.4, -0.2) is 65.2 Å². The first-order chi connectivity index (χ1) is 11.4. The summed E-state index contributed by atoms with van der Waals surface area (Å²) in [6.45, 7) is 8.14. The van der Waals surface area contributed by atoms with Crippen LogP contribution < -0.4 is 5.32 Å². The highest BCUT2D eigenvalue weighted by molar-refractivity contribution is 5.98. The Morgan fingerprint density at radius 2 is 1.79 bits per heavy atom. The van der Waals surface area contributed by atoms with Gasteiger partial charge in [0.15, 0.2) is 0 Å². The van der Waals surface area contributed by atoms with Crippen molar-refractivity contribution in [1.82, 2.24) is 20.1 Å². The van der Waals surface area contributed by atoms with Gasteiger partial charge in [-0.25, -0.2) is 0 Å². The molecule has 0 bridgehead atoms. The lowest BCUT2D eigenvalue weighted by molar-refractivity contribution is -0.130. The van der Waals surface area contributed by atoms with Gasteiger partial charge in [-0.05, 0) is 18.1 Å². The van der Waals surface area contributed by atoms with Gasteiger partial charge in [-0.1, -0.05) is 13.8 Å². The largest absolute Gasteiger partial charge is 0.352 e. The van der Waals surface area contributed by atoms with Crippen LogP contribution in [-0.2, 0) is 4.79 Å². The molecule has 0 aliphatic carbocycles. The Bertz CT molecular complexity index is 622. The maximum Gasteiger partial charge on any atom is 0.272 e. The van der Waals surface area contributed by atoms with Crippen LogP contribution in [0.1, 0.15) is 41.6 Å². The molecule has 1 fully saturated rings. The summed E-state index contributed by atoms with van der Waals surface area (Å²) in [5.74, 6) is -0.0447. The summed E-state index contributed by atoms with van der Waals surface area (Å²) in [7, 11) is 0. The zero-order valence-corrected chi connectivity index (χ0v) is 14.4. The molecule has 0 atom stereocenters. The Morgan fingerprint density at radius 1 is 1.17 bits per heavy atom. The van der Waals surface area contributed by atoms with E-state index in [4.69, 9.17) is 0 Å². The third kappa shape index (κ3) is 4.53. The fraction of sp³-hybridized carbons (Fsp3) is 0.529.